The highest BCUT2D eigenvalue weighted by Gasteiger charge is 2.57. The van der Waals surface area contributed by atoms with Gasteiger partial charge in [0.05, 0.1) is 12.0 Å². The Morgan fingerprint density at radius 3 is 2.87 bits per heavy atom. The quantitative estimate of drug-likeness (QED) is 0.806. The average Bonchev–Trinajstić information content (AvgIpc) is 2.90. The predicted molar refractivity (Wildman–Crippen MR) is 87.2 cm³/mol. The Labute approximate surface area is 138 Å². The molecule has 4 rings (SSSR count). The van der Waals surface area contributed by atoms with Crippen LogP contribution in [0.4, 0.5) is 0 Å². The molecule has 0 bridgehead atoms. The largest absolute Gasteiger partial charge is 0.396 e. The summed E-state index contributed by atoms with van der Waals surface area (Å²) in [6.07, 6.45) is 9.14. The topological polar surface area (TPSA) is 61.1 Å². The fourth-order valence-electron chi connectivity index (χ4n) is 6.72. The molecule has 1 N–H and O–H groups in total. The Kier molecular flexibility index (Phi) is 3.65. The maximum atomic E-state index is 11.9. The van der Waals surface area contributed by atoms with Gasteiger partial charge in [-0.15, -0.1) is 0 Å². The summed E-state index contributed by atoms with van der Waals surface area (Å²) in [5, 5.41) is 19.4. The lowest BCUT2D eigenvalue weighted by Crippen LogP contribution is -2.48. The van der Waals surface area contributed by atoms with Crippen molar-refractivity contribution in [2.45, 2.75) is 51.9 Å². The third-order valence-corrected chi connectivity index (χ3v) is 7.87. The van der Waals surface area contributed by atoms with Crippen LogP contribution in [-0.2, 0) is 4.79 Å². The molecule has 4 aliphatic rings. The van der Waals surface area contributed by atoms with Gasteiger partial charge in [0.25, 0.3) is 0 Å². The van der Waals surface area contributed by atoms with E-state index < -0.39 is 0 Å². The maximum Gasteiger partial charge on any atom is 0.155 e. The average molecular weight is 313 g/mol. The molecular weight excluding hydrogens is 286 g/mol. The Balaban J connectivity index is 1.68. The van der Waals surface area contributed by atoms with E-state index in [2.05, 4.69) is 13.0 Å². The number of aliphatic hydroxyl groups is 1. The van der Waals surface area contributed by atoms with Gasteiger partial charge in [0, 0.05) is 18.9 Å². The summed E-state index contributed by atoms with van der Waals surface area (Å²) in [6.45, 7) is 2.52. The van der Waals surface area contributed by atoms with Crippen molar-refractivity contribution in [3.63, 3.8) is 0 Å². The minimum absolute atomic E-state index is 0.171. The number of ketones is 1. The smallest absolute Gasteiger partial charge is 0.155 e. The minimum Gasteiger partial charge on any atom is -0.396 e. The fourth-order valence-corrected chi connectivity index (χ4v) is 6.72. The first kappa shape index (κ1) is 15.4. The van der Waals surface area contributed by atoms with E-state index in [-0.39, 0.29) is 29.6 Å². The molecule has 3 saturated carbocycles. The molecule has 0 radical (unpaired) electrons. The van der Waals surface area contributed by atoms with E-state index in [0.29, 0.717) is 30.1 Å². The van der Waals surface area contributed by atoms with Crippen LogP contribution in [0.5, 0.6) is 0 Å². The molecule has 0 saturated heterocycles. The molecule has 3 nitrogen and oxygen atoms in total. The van der Waals surface area contributed by atoms with Crippen molar-refractivity contribution in [2.75, 3.05) is 6.61 Å². The van der Waals surface area contributed by atoms with Gasteiger partial charge in [-0.25, -0.2) is 0 Å². The van der Waals surface area contributed by atoms with Crippen LogP contribution in [0.15, 0.2) is 11.6 Å². The zero-order valence-corrected chi connectivity index (χ0v) is 14.0. The van der Waals surface area contributed by atoms with E-state index in [1.54, 1.807) is 0 Å². The normalized spacial score (nSPS) is 48.7. The first-order chi connectivity index (χ1) is 11.1. The van der Waals surface area contributed by atoms with Crippen LogP contribution in [0, 0.1) is 52.3 Å². The third-order valence-electron chi connectivity index (χ3n) is 7.87. The molecule has 0 unspecified atom stereocenters. The Morgan fingerprint density at radius 1 is 1.30 bits per heavy atom. The van der Waals surface area contributed by atoms with Crippen LogP contribution in [0.25, 0.3) is 0 Å². The molecule has 0 spiro atoms. The molecule has 3 fully saturated rings. The molecule has 0 aromatic rings. The molecule has 23 heavy (non-hydrogen) atoms. The number of rotatable bonds is 1. The highest BCUT2D eigenvalue weighted by molar-refractivity contribution is 5.91. The lowest BCUT2D eigenvalue weighted by Gasteiger charge is -2.55. The van der Waals surface area contributed by atoms with Gasteiger partial charge in [0.1, 0.15) is 0 Å². The van der Waals surface area contributed by atoms with Gasteiger partial charge in [-0.2, -0.15) is 5.26 Å². The second-order valence-electron chi connectivity index (χ2n) is 8.61. The second kappa shape index (κ2) is 5.45. The van der Waals surface area contributed by atoms with Crippen molar-refractivity contribution in [1.29, 1.82) is 5.26 Å². The van der Waals surface area contributed by atoms with Crippen molar-refractivity contribution in [3.8, 4) is 6.07 Å². The minimum atomic E-state index is 0.171. The predicted octanol–water partition coefficient (Wildman–Crippen LogP) is 3.49. The molecule has 0 aromatic heterocycles. The molecule has 3 heteroatoms. The molecule has 0 amide bonds. The number of carbonyl (C=O) groups excluding carboxylic acids is 1. The van der Waals surface area contributed by atoms with E-state index >= 15 is 0 Å². The monoisotopic (exact) mass is 313 g/mol. The highest BCUT2D eigenvalue weighted by atomic mass is 16.3. The number of nitriles is 1. The van der Waals surface area contributed by atoms with Crippen LogP contribution in [-0.4, -0.2) is 17.5 Å². The molecule has 0 heterocycles. The number of fused-ring (bicyclic) bond motifs is 5. The Morgan fingerprint density at radius 2 is 2.13 bits per heavy atom. The lowest BCUT2D eigenvalue weighted by molar-refractivity contribution is -0.116. The molecule has 7 atom stereocenters. The number of carbonyl (C=O) groups is 1. The van der Waals surface area contributed by atoms with Crippen molar-refractivity contribution in [3.05, 3.63) is 11.6 Å². The first-order valence-electron chi connectivity index (χ1n) is 9.33. The van der Waals surface area contributed by atoms with Gasteiger partial charge < -0.3 is 5.11 Å². The van der Waals surface area contributed by atoms with Crippen LogP contribution >= 0.6 is 0 Å². The van der Waals surface area contributed by atoms with Gasteiger partial charge in [-0.1, -0.05) is 12.5 Å². The summed E-state index contributed by atoms with van der Waals surface area (Å²) >= 11 is 0. The van der Waals surface area contributed by atoms with E-state index in [0.717, 1.165) is 19.3 Å². The fraction of sp³-hybridized carbons (Fsp3) is 0.800. The zero-order chi connectivity index (χ0) is 16.2. The first-order valence-corrected chi connectivity index (χ1v) is 9.33. The SMILES string of the molecule is C[C@]12CC[C@H]3[C@@H](C[C@H](CO)C4=CC(=O)CC[C@@H]43)[C@@H]1CC[C@@H]2C#N. The van der Waals surface area contributed by atoms with Crippen molar-refractivity contribution in [1.82, 2.24) is 0 Å². The van der Waals surface area contributed by atoms with Gasteiger partial charge in [-0.05, 0) is 73.7 Å². The lowest BCUT2D eigenvalue weighted by atomic mass is 9.50. The van der Waals surface area contributed by atoms with Crippen molar-refractivity contribution < 1.29 is 9.90 Å². The molecule has 0 aromatic carbocycles. The Bertz CT molecular complexity index is 589. The standard InChI is InChI=1S/C20H27NO2/c1-20-7-6-16-15-4-3-14(23)9-17(15)12(11-22)8-18(16)19(20)5-2-13(20)10-21/h9,12-13,15-16,18-19,22H,2-8,11H2,1H3/t12-,13-,15-,16-,18-,19+,20-/m1/s1. The van der Waals surface area contributed by atoms with E-state index in [1.807, 2.05) is 6.08 Å². The van der Waals surface area contributed by atoms with Crippen LogP contribution in [0.3, 0.4) is 0 Å². The van der Waals surface area contributed by atoms with E-state index in [9.17, 15) is 15.2 Å². The van der Waals surface area contributed by atoms with E-state index in [1.165, 1.54) is 24.8 Å². The summed E-state index contributed by atoms with van der Waals surface area (Å²) < 4.78 is 0. The van der Waals surface area contributed by atoms with Crippen LogP contribution in [0.2, 0.25) is 0 Å². The summed E-state index contributed by atoms with van der Waals surface area (Å²) in [4.78, 5) is 11.9. The number of hydrogen-bond acceptors (Lipinski definition) is 3. The van der Waals surface area contributed by atoms with Crippen LogP contribution < -0.4 is 0 Å². The van der Waals surface area contributed by atoms with E-state index in [4.69, 9.17) is 0 Å². The second-order valence-corrected chi connectivity index (χ2v) is 8.61. The summed E-state index contributed by atoms with van der Waals surface area (Å²) in [7, 11) is 0. The Hall–Kier alpha value is -1.14. The number of aliphatic hydroxyl groups excluding tert-OH is 1. The third kappa shape index (κ3) is 2.14. The van der Waals surface area contributed by atoms with Gasteiger partial charge in [0.2, 0.25) is 0 Å². The summed E-state index contributed by atoms with van der Waals surface area (Å²) in [6, 6.07) is 2.58. The van der Waals surface area contributed by atoms with Crippen molar-refractivity contribution in [2.24, 2.45) is 40.9 Å². The number of nitrogens with zero attached hydrogens (tertiary/aromatic N) is 1. The van der Waals surface area contributed by atoms with Gasteiger partial charge in [-0.3, -0.25) is 4.79 Å². The van der Waals surface area contributed by atoms with Gasteiger partial charge in [0.15, 0.2) is 5.78 Å². The zero-order valence-electron chi connectivity index (χ0n) is 14.0. The molecule has 4 aliphatic carbocycles. The summed E-state index contributed by atoms with van der Waals surface area (Å²) in [5.41, 5.74) is 1.44. The number of hydrogen-bond donors (Lipinski definition) is 1. The molecule has 0 aliphatic heterocycles. The maximum absolute atomic E-state index is 11.9. The summed E-state index contributed by atoms with van der Waals surface area (Å²) in [5.74, 6) is 3.10. The molecule has 124 valence electrons. The van der Waals surface area contributed by atoms with Crippen molar-refractivity contribution >= 4 is 5.78 Å². The highest BCUT2D eigenvalue weighted by Crippen LogP contribution is 2.64. The van der Waals surface area contributed by atoms with Gasteiger partial charge >= 0.3 is 0 Å². The van der Waals surface area contributed by atoms with Crippen LogP contribution in [0.1, 0.15) is 51.9 Å². The molecular formula is C20H27NO2.